The van der Waals surface area contributed by atoms with Crippen LogP contribution in [0, 0.1) is 11.8 Å². The SMILES string of the molecule is COC(=O)N[C@H](C(=O)N1CCC[C@H]1c1nc2cc(-c3ccc(-c4ccc5nc([C@@H]6CS(C)(C)CN6C(=O)[C@@H](NC(=O)OC)C6CCOCC6)[nH]c5c4)cc3)ccc2[nH]1)C(C)C. The van der Waals surface area contributed by atoms with E-state index in [0.29, 0.717) is 38.5 Å². The molecule has 4 amide bonds. The summed E-state index contributed by atoms with van der Waals surface area (Å²) in [6, 6.07) is 18.9. The van der Waals surface area contributed by atoms with E-state index in [-0.39, 0.29) is 35.7 Å². The minimum Gasteiger partial charge on any atom is -0.453 e. The van der Waals surface area contributed by atoms with Gasteiger partial charge >= 0.3 is 12.2 Å². The molecule has 0 saturated carbocycles. The number of amides is 4. The monoisotopic (exact) mass is 852 g/mol. The Morgan fingerprint density at radius 2 is 1.34 bits per heavy atom. The number of fused-ring (bicyclic) bond motifs is 2. The van der Waals surface area contributed by atoms with Gasteiger partial charge in [-0.15, -0.1) is 0 Å². The molecule has 324 valence electrons. The number of benzene rings is 3. The van der Waals surface area contributed by atoms with Gasteiger partial charge in [0.25, 0.3) is 0 Å². The summed E-state index contributed by atoms with van der Waals surface area (Å²) in [7, 11) is 1.47. The molecule has 3 aliphatic rings. The topological polar surface area (TPSA) is 184 Å². The fourth-order valence-corrected chi connectivity index (χ4v) is 11.4. The van der Waals surface area contributed by atoms with Gasteiger partial charge in [-0.3, -0.25) is 9.59 Å². The molecule has 4 atom stereocenters. The van der Waals surface area contributed by atoms with E-state index < -0.39 is 34.3 Å². The molecule has 16 heteroatoms. The second-order valence-electron chi connectivity index (χ2n) is 17.3. The first-order valence-electron chi connectivity index (χ1n) is 21.0. The predicted molar refractivity (Wildman–Crippen MR) is 236 cm³/mol. The van der Waals surface area contributed by atoms with Gasteiger partial charge in [-0.05, 0) is 96.5 Å². The van der Waals surface area contributed by atoms with Crippen molar-refractivity contribution in [3.05, 3.63) is 72.3 Å². The average molecular weight is 853 g/mol. The first-order valence-corrected chi connectivity index (χ1v) is 23.8. The number of imidazole rings is 2. The molecule has 3 aliphatic heterocycles. The molecule has 0 bridgehead atoms. The molecule has 0 radical (unpaired) electrons. The third-order valence-corrected chi connectivity index (χ3v) is 14.5. The fraction of sp³-hybridized carbons (Fsp3) is 0.467. The van der Waals surface area contributed by atoms with E-state index in [2.05, 4.69) is 81.6 Å². The molecule has 0 spiro atoms. The molecular weight excluding hydrogens is 797 g/mol. The van der Waals surface area contributed by atoms with E-state index in [1.54, 1.807) is 0 Å². The Bertz CT molecular complexity index is 2420. The quantitative estimate of drug-likeness (QED) is 0.116. The van der Waals surface area contributed by atoms with Crippen molar-refractivity contribution in [3.8, 4) is 22.3 Å². The highest BCUT2D eigenvalue weighted by molar-refractivity contribution is 8.32. The fourth-order valence-electron chi connectivity index (χ4n) is 9.05. The molecule has 3 aromatic carbocycles. The number of ether oxygens (including phenoxy) is 3. The first-order chi connectivity index (χ1) is 29.3. The van der Waals surface area contributed by atoms with Crippen LogP contribution in [-0.2, 0) is 23.8 Å². The number of rotatable bonds is 10. The third kappa shape index (κ3) is 8.78. The Kier molecular flexibility index (Phi) is 12.0. The van der Waals surface area contributed by atoms with Gasteiger partial charge < -0.3 is 44.6 Å². The summed E-state index contributed by atoms with van der Waals surface area (Å²) in [5, 5.41) is 5.57. The van der Waals surface area contributed by atoms with Gasteiger partial charge in [0, 0.05) is 25.5 Å². The number of methoxy groups -OCH3 is 2. The maximum absolute atomic E-state index is 14.3. The summed E-state index contributed by atoms with van der Waals surface area (Å²) < 4.78 is 15.3. The zero-order chi connectivity index (χ0) is 43.0. The van der Waals surface area contributed by atoms with Gasteiger partial charge in [-0.25, -0.2) is 29.6 Å². The van der Waals surface area contributed by atoms with Crippen LogP contribution in [0.4, 0.5) is 9.59 Å². The summed E-state index contributed by atoms with van der Waals surface area (Å²) in [6.07, 6.45) is 6.24. The molecule has 5 aromatic rings. The Balaban J connectivity index is 0.991. The second kappa shape index (κ2) is 17.4. The smallest absolute Gasteiger partial charge is 0.407 e. The van der Waals surface area contributed by atoms with E-state index in [1.807, 2.05) is 35.8 Å². The van der Waals surface area contributed by atoms with Gasteiger partial charge in [0.15, 0.2) is 0 Å². The molecular formula is C45H56N8O7S. The number of H-pyrrole nitrogens is 2. The molecule has 8 rings (SSSR count). The van der Waals surface area contributed by atoms with Gasteiger partial charge in [0.2, 0.25) is 11.8 Å². The van der Waals surface area contributed by atoms with Crippen molar-refractivity contribution in [2.24, 2.45) is 11.8 Å². The lowest BCUT2D eigenvalue weighted by Crippen LogP contribution is -2.53. The Morgan fingerprint density at radius 1 is 0.738 bits per heavy atom. The van der Waals surface area contributed by atoms with Crippen molar-refractivity contribution in [2.45, 2.75) is 63.7 Å². The predicted octanol–water partition coefficient (Wildman–Crippen LogP) is 6.87. The van der Waals surface area contributed by atoms with Crippen molar-refractivity contribution in [1.29, 1.82) is 0 Å². The molecule has 15 nitrogen and oxygen atoms in total. The van der Waals surface area contributed by atoms with Crippen molar-refractivity contribution >= 4 is 56.1 Å². The van der Waals surface area contributed by atoms with Crippen molar-refractivity contribution in [2.75, 3.05) is 58.1 Å². The van der Waals surface area contributed by atoms with Crippen LogP contribution >= 0.6 is 10.0 Å². The zero-order valence-electron chi connectivity index (χ0n) is 35.7. The number of alkyl carbamates (subject to hydrolysis) is 2. The van der Waals surface area contributed by atoms with Crippen LogP contribution in [0.2, 0.25) is 0 Å². The van der Waals surface area contributed by atoms with E-state index in [1.165, 1.54) is 14.2 Å². The standard InChI is InChI=1S/C45H56N8O7S/c1-26(2)38(50-44(56)58-3)42(54)52-19-7-8-36(52)40-46-32-15-13-30(22-34(32)48-40)27-9-11-28(12-10-27)31-14-16-33-35(23-31)49-41(47-33)37-24-61(5,6)25-53(37)43(55)39(51-45(57)59-4)29-17-20-60-21-18-29/h9-16,22-23,26,29,36-39H,7-8,17-21,24-25H2,1-6H3,(H,46,48)(H,47,49)(H,50,56)(H,51,57)/t36-,37-,38-,39-/m0/s1. The van der Waals surface area contributed by atoms with Crippen LogP contribution in [0.5, 0.6) is 0 Å². The molecule has 3 saturated heterocycles. The zero-order valence-corrected chi connectivity index (χ0v) is 36.5. The lowest BCUT2D eigenvalue weighted by Gasteiger charge is -2.34. The number of aromatic amines is 2. The van der Waals surface area contributed by atoms with Crippen LogP contribution in [-0.4, -0.2) is 124 Å². The van der Waals surface area contributed by atoms with Crippen LogP contribution in [0.15, 0.2) is 60.7 Å². The number of carbonyl (C=O) groups excluding carboxylic acids is 4. The summed E-state index contributed by atoms with van der Waals surface area (Å²) in [5.74, 6) is 2.52. The summed E-state index contributed by atoms with van der Waals surface area (Å²) in [6.45, 7) is 5.51. The first kappa shape index (κ1) is 42.1. The number of likely N-dealkylation sites (tertiary alicyclic amines) is 1. The highest BCUT2D eigenvalue weighted by Crippen LogP contribution is 2.52. The van der Waals surface area contributed by atoms with Crippen LogP contribution < -0.4 is 10.6 Å². The van der Waals surface area contributed by atoms with Crippen molar-refractivity contribution < 1.29 is 33.4 Å². The summed E-state index contributed by atoms with van der Waals surface area (Å²) >= 11 is 0. The van der Waals surface area contributed by atoms with Crippen molar-refractivity contribution in [3.63, 3.8) is 0 Å². The maximum Gasteiger partial charge on any atom is 0.407 e. The highest BCUT2D eigenvalue weighted by Gasteiger charge is 2.44. The molecule has 3 fully saturated rings. The lowest BCUT2D eigenvalue weighted by atomic mass is 9.90. The number of nitrogens with zero attached hydrogens (tertiary/aromatic N) is 4. The number of hydrogen-bond donors (Lipinski definition) is 4. The number of carbonyl (C=O) groups is 4. The van der Waals surface area contributed by atoms with E-state index in [0.717, 1.165) is 74.6 Å². The van der Waals surface area contributed by atoms with E-state index in [4.69, 9.17) is 24.2 Å². The van der Waals surface area contributed by atoms with Crippen molar-refractivity contribution in [1.82, 2.24) is 40.4 Å². The molecule has 5 heterocycles. The van der Waals surface area contributed by atoms with Gasteiger partial charge in [0.05, 0.1) is 54.2 Å². The maximum atomic E-state index is 14.3. The average Bonchev–Trinajstić information content (AvgIpc) is 4.08. The Morgan fingerprint density at radius 3 is 2.03 bits per heavy atom. The Labute approximate surface area is 357 Å². The van der Waals surface area contributed by atoms with Crippen LogP contribution in [0.3, 0.4) is 0 Å². The summed E-state index contributed by atoms with van der Waals surface area (Å²) in [4.78, 5) is 73.2. The van der Waals surface area contributed by atoms with Gasteiger partial charge in [0.1, 0.15) is 23.7 Å². The largest absolute Gasteiger partial charge is 0.453 e. The second-order valence-corrected chi connectivity index (χ2v) is 21.4. The highest BCUT2D eigenvalue weighted by atomic mass is 32.3. The number of aromatic nitrogens is 4. The van der Waals surface area contributed by atoms with Gasteiger partial charge in [-0.1, -0.05) is 50.2 Å². The normalized spacial score (nSPS) is 20.8. The third-order valence-electron chi connectivity index (χ3n) is 12.3. The van der Waals surface area contributed by atoms with Gasteiger partial charge in [-0.2, -0.15) is 0 Å². The lowest BCUT2D eigenvalue weighted by molar-refractivity contribution is -0.136. The molecule has 4 N–H and O–H groups in total. The Hall–Kier alpha value is -5.61. The minimum atomic E-state index is -1.14. The number of hydrogen-bond acceptors (Lipinski definition) is 9. The molecule has 2 aromatic heterocycles. The summed E-state index contributed by atoms with van der Waals surface area (Å²) in [5.41, 5.74) is 7.57. The van der Waals surface area contributed by atoms with E-state index >= 15 is 0 Å². The number of nitrogens with one attached hydrogen (secondary N) is 4. The molecule has 0 unspecified atom stereocenters. The van der Waals surface area contributed by atoms with E-state index in [9.17, 15) is 19.2 Å². The molecule has 61 heavy (non-hydrogen) atoms. The van der Waals surface area contributed by atoms with Crippen LogP contribution in [0.1, 0.15) is 63.3 Å². The molecule has 0 aliphatic carbocycles. The van der Waals surface area contributed by atoms with Crippen LogP contribution in [0.25, 0.3) is 44.3 Å². The minimum absolute atomic E-state index is 0.0418.